The molecule has 0 aliphatic carbocycles. The molecule has 2 rings (SSSR count). The van der Waals surface area contributed by atoms with Gasteiger partial charge >= 0.3 is 5.97 Å². The molecule has 0 aromatic heterocycles. The van der Waals surface area contributed by atoms with Crippen molar-refractivity contribution in [1.29, 1.82) is 0 Å². The van der Waals surface area contributed by atoms with Crippen LogP contribution in [-0.2, 0) is 25.6 Å². The third kappa shape index (κ3) is 3.24. The predicted octanol–water partition coefficient (Wildman–Crippen LogP) is 2.14. The van der Waals surface area contributed by atoms with E-state index >= 15 is 0 Å². The molecular weight excluding hydrogens is 293 g/mol. The molecule has 0 radical (unpaired) electrons. The van der Waals surface area contributed by atoms with E-state index in [0.29, 0.717) is 20.7 Å². The van der Waals surface area contributed by atoms with Crippen molar-refractivity contribution in [1.82, 2.24) is 5.06 Å². The van der Waals surface area contributed by atoms with Gasteiger partial charge in [0.15, 0.2) is 0 Å². The Hall–Kier alpha value is -1.59. The lowest BCUT2D eigenvalue weighted by molar-refractivity contribution is -0.197. The topological polar surface area (TPSA) is 63.7 Å². The number of hydrogen-bond acceptors (Lipinski definition) is 4. The molecule has 5 nitrogen and oxygen atoms in total. The van der Waals surface area contributed by atoms with Crippen LogP contribution in [0, 0.1) is 0 Å². The fourth-order valence-electron chi connectivity index (χ4n) is 1.61. The van der Waals surface area contributed by atoms with Gasteiger partial charge in [-0.3, -0.25) is 9.59 Å². The lowest BCUT2D eigenvalue weighted by Gasteiger charge is -2.12. The molecule has 1 aromatic carbocycles. The molecule has 1 aliphatic rings. The zero-order valence-electron chi connectivity index (χ0n) is 9.69. The number of carbonyl (C=O) groups excluding carboxylic acids is 3. The average molecular weight is 302 g/mol. The summed E-state index contributed by atoms with van der Waals surface area (Å²) >= 11 is 11.6. The number of amides is 2. The molecule has 2 amide bonds. The van der Waals surface area contributed by atoms with Gasteiger partial charge in [0, 0.05) is 22.9 Å². The van der Waals surface area contributed by atoms with Gasteiger partial charge in [-0.05, 0) is 17.7 Å². The summed E-state index contributed by atoms with van der Waals surface area (Å²) in [6.07, 6.45) is -0.0192. The zero-order valence-corrected chi connectivity index (χ0v) is 11.2. The quantitative estimate of drug-likeness (QED) is 0.803. The minimum Gasteiger partial charge on any atom is -0.330 e. The largest absolute Gasteiger partial charge is 0.337 e. The van der Waals surface area contributed by atoms with E-state index < -0.39 is 17.8 Å². The summed E-state index contributed by atoms with van der Waals surface area (Å²) in [6, 6.07) is 4.67. The first kappa shape index (κ1) is 13.8. The summed E-state index contributed by atoms with van der Waals surface area (Å²) in [6.45, 7) is 0. The molecule has 0 spiro atoms. The molecule has 1 saturated heterocycles. The molecule has 1 fully saturated rings. The maximum absolute atomic E-state index is 11.6. The van der Waals surface area contributed by atoms with Crippen molar-refractivity contribution in [2.45, 2.75) is 19.3 Å². The van der Waals surface area contributed by atoms with Gasteiger partial charge in [0.2, 0.25) is 0 Å². The maximum Gasteiger partial charge on any atom is 0.337 e. The number of benzene rings is 1. The van der Waals surface area contributed by atoms with E-state index in [4.69, 9.17) is 28.0 Å². The average Bonchev–Trinajstić information content (AvgIpc) is 2.65. The van der Waals surface area contributed by atoms with Crippen LogP contribution >= 0.6 is 23.2 Å². The highest BCUT2D eigenvalue weighted by Crippen LogP contribution is 2.22. The molecule has 1 aliphatic heterocycles. The van der Waals surface area contributed by atoms with Gasteiger partial charge < -0.3 is 4.84 Å². The Bertz CT molecular complexity index is 543. The SMILES string of the molecule is O=C(Cc1ccc(Cl)cc1Cl)ON1C(=O)CCC1=O. The Balaban J connectivity index is 2.01. The summed E-state index contributed by atoms with van der Waals surface area (Å²) in [7, 11) is 0. The van der Waals surface area contributed by atoms with Crippen LogP contribution in [0.15, 0.2) is 18.2 Å². The van der Waals surface area contributed by atoms with Crippen LogP contribution in [0.3, 0.4) is 0 Å². The van der Waals surface area contributed by atoms with Gasteiger partial charge in [0.25, 0.3) is 11.8 Å². The molecule has 7 heteroatoms. The number of halogens is 2. The van der Waals surface area contributed by atoms with Crippen LogP contribution < -0.4 is 0 Å². The summed E-state index contributed by atoms with van der Waals surface area (Å²) < 4.78 is 0. The molecule has 0 N–H and O–H groups in total. The molecule has 100 valence electrons. The van der Waals surface area contributed by atoms with Crippen molar-refractivity contribution in [3.8, 4) is 0 Å². The van der Waals surface area contributed by atoms with Crippen LogP contribution in [0.4, 0.5) is 0 Å². The van der Waals surface area contributed by atoms with E-state index in [2.05, 4.69) is 0 Å². The van der Waals surface area contributed by atoms with Gasteiger partial charge in [-0.25, -0.2) is 4.79 Å². The van der Waals surface area contributed by atoms with Gasteiger partial charge in [-0.2, -0.15) is 0 Å². The van der Waals surface area contributed by atoms with E-state index in [9.17, 15) is 14.4 Å². The highest BCUT2D eigenvalue weighted by atomic mass is 35.5. The maximum atomic E-state index is 11.6. The van der Waals surface area contributed by atoms with Crippen molar-refractivity contribution < 1.29 is 19.2 Å². The zero-order chi connectivity index (χ0) is 14.0. The van der Waals surface area contributed by atoms with E-state index in [-0.39, 0.29) is 19.3 Å². The number of imide groups is 1. The van der Waals surface area contributed by atoms with Crippen LogP contribution in [0.1, 0.15) is 18.4 Å². The Labute approximate surface area is 119 Å². The first-order chi connectivity index (χ1) is 8.97. The van der Waals surface area contributed by atoms with Crippen molar-refractivity contribution in [2.24, 2.45) is 0 Å². The van der Waals surface area contributed by atoms with Gasteiger partial charge in [0.05, 0.1) is 6.42 Å². The Morgan fingerprint density at radius 3 is 2.42 bits per heavy atom. The number of hydrogen-bond donors (Lipinski definition) is 0. The van der Waals surface area contributed by atoms with Gasteiger partial charge in [0.1, 0.15) is 0 Å². The molecule has 0 atom stereocenters. The molecule has 0 unspecified atom stereocenters. The molecule has 19 heavy (non-hydrogen) atoms. The Morgan fingerprint density at radius 1 is 1.21 bits per heavy atom. The summed E-state index contributed by atoms with van der Waals surface area (Å²) in [4.78, 5) is 38.9. The third-order valence-electron chi connectivity index (χ3n) is 2.55. The number of nitrogens with zero attached hydrogens (tertiary/aromatic N) is 1. The molecule has 0 bridgehead atoms. The fraction of sp³-hybridized carbons (Fsp3) is 0.250. The van der Waals surface area contributed by atoms with E-state index in [0.717, 1.165) is 0 Å². The molecule has 1 heterocycles. The lowest BCUT2D eigenvalue weighted by atomic mass is 10.1. The van der Waals surface area contributed by atoms with Crippen molar-refractivity contribution in [3.63, 3.8) is 0 Å². The summed E-state index contributed by atoms with van der Waals surface area (Å²) in [5.41, 5.74) is 0.509. The standard InChI is InChI=1S/C12H9Cl2NO4/c13-8-2-1-7(9(14)6-8)5-12(18)19-15-10(16)3-4-11(15)17/h1-2,6H,3-5H2. The molecular formula is C12H9Cl2NO4. The Kier molecular flexibility index (Phi) is 4.07. The number of carbonyl (C=O) groups is 3. The summed E-state index contributed by atoms with van der Waals surface area (Å²) in [5.74, 6) is -1.76. The monoisotopic (exact) mass is 301 g/mol. The van der Waals surface area contributed by atoms with Crippen molar-refractivity contribution >= 4 is 41.0 Å². The first-order valence-electron chi connectivity index (χ1n) is 5.48. The third-order valence-corrected chi connectivity index (χ3v) is 3.14. The minimum absolute atomic E-state index is 0.0633. The van der Waals surface area contributed by atoms with E-state index in [1.54, 1.807) is 12.1 Å². The first-order valence-corrected chi connectivity index (χ1v) is 6.23. The van der Waals surface area contributed by atoms with Gasteiger partial charge in [-0.1, -0.05) is 29.3 Å². The van der Waals surface area contributed by atoms with Crippen LogP contribution in [0.25, 0.3) is 0 Å². The second-order valence-electron chi connectivity index (χ2n) is 3.96. The molecule has 0 saturated carbocycles. The van der Waals surface area contributed by atoms with Crippen molar-refractivity contribution in [2.75, 3.05) is 0 Å². The Morgan fingerprint density at radius 2 is 1.84 bits per heavy atom. The van der Waals surface area contributed by atoms with E-state index in [1.165, 1.54) is 6.07 Å². The lowest BCUT2D eigenvalue weighted by Crippen LogP contribution is -2.32. The second-order valence-corrected chi connectivity index (χ2v) is 4.80. The normalized spacial score (nSPS) is 14.9. The van der Waals surface area contributed by atoms with Gasteiger partial charge in [-0.15, -0.1) is 5.06 Å². The highest BCUT2D eigenvalue weighted by Gasteiger charge is 2.32. The highest BCUT2D eigenvalue weighted by molar-refractivity contribution is 6.35. The van der Waals surface area contributed by atoms with E-state index in [1.807, 2.05) is 0 Å². The molecule has 1 aromatic rings. The smallest absolute Gasteiger partial charge is 0.330 e. The van der Waals surface area contributed by atoms with Crippen LogP contribution in [0.2, 0.25) is 10.0 Å². The van der Waals surface area contributed by atoms with Crippen molar-refractivity contribution in [3.05, 3.63) is 33.8 Å². The predicted molar refractivity (Wildman–Crippen MR) is 67.3 cm³/mol. The number of rotatable bonds is 3. The minimum atomic E-state index is -0.729. The summed E-state index contributed by atoms with van der Waals surface area (Å²) in [5, 5.41) is 1.28. The fourth-order valence-corrected chi connectivity index (χ4v) is 2.09. The van der Waals surface area contributed by atoms with Crippen LogP contribution in [0.5, 0.6) is 0 Å². The van der Waals surface area contributed by atoms with Crippen LogP contribution in [-0.4, -0.2) is 22.8 Å². The number of hydroxylamine groups is 2. The second kappa shape index (κ2) is 5.59.